The summed E-state index contributed by atoms with van der Waals surface area (Å²) >= 11 is 1.87. The van der Waals surface area contributed by atoms with Gasteiger partial charge in [-0.05, 0) is 98.9 Å². The molecule has 0 N–H and O–H groups in total. The molecule has 0 unspecified atom stereocenters. The molecule has 2 nitrogen and oxygen atoms in total. The van der Waals surface area contributed by atoms with Gasteiger partial charge in [-0.1, -0.05) is 121 Å². The normalized spacial score (nSPS) is 12.2. The lowest BCUT2D eigenvalue weighted by Gasteiger charge is -2.28. The van der Waals surface area contributed by atoms with Gasteiger partial charge < -0.3 is 9.47 Å². The first-order valence-electron chi connectivity index (χ1n) is 18.2. The molecule has 0 saturated heterocycles. The van der Waals surface area contributed by atoms with Crippen molar-refractivity contribution in [2.75, 3.05) is 4.90 Å². The molecule has 1 aliphatic rings. The number of aromatic nitrogens is 1. The number of hydrogen-bond donors (Lipinski definition) is 0. The highest BCUT2D eigenvalue weighted by Crippen LogP contribution is 2.56. The van der Waals surface area contributed by atoms with Gasteiger partial charge in [0.2, 0.25) is 0 Å². The van der Waals surface area contributed by atoms with Crippen molar-refractivity contribution in [3.05, 3.63) is 182 Å². The third kappa shape index (κ3) is 4.08. The van der Waals surface area contributed by atoms with Crippen molar-refractivity contribution in [1.82, 2.24) is 4.57 Å². The Labute approximate surface area is 310 Å². The van der Waals surface area contributed by atoms with Gasteiger partial charge in [-0.25, -0.2) is 0 Å². The Hall–Kier alpha value is -6.68. The van der Waals surface area contributed by atoms with Gasteiger partial charge in [-0.2, -0.15) is 0 Å². The van der Waals surface area contributed by atoms with Crippen LogP contribution in [0.25, 0.3) is 91.5 Å². The quantitative estimate of drug-likeness (QED) is 0.167. The van der Waals surface area contributed by atoms with E-state index in [1.165, 1.54) is 91.5 Å². The molecule has 0 atom stereocenters. The number of benzene rings is 9. The number of anilines is 3. The predicted molar refractivity (Wildman–Crippen MR) is 228 cm³/mol. The fraction of sp³-hybridized carbons (Fsp3) is 0. The molecule has 246 valence electrons. The summed E-state index contributed by atoms with van der Waals surface area (Å²) in [6.07, 6.45) is 0. The highest BCUT2D eigenvalue weighted by atomic mass is 32.1. The molecule has 0 fully saturated rings. The van der Waals surface area contributed by atoms with Crippen LogP contribution in [0.1, 0.15) is 0 Å². The lowest BCUT2D eigenvalue weighted by atomic mass is 9.96. The minimum absolute atomic E-state index is 1.12. The fourth-order valence-electron chi connectivity index (χ4n) is 9.06. The van der Waals surface area contributed by atoms with Crippen LogP contribution in [0.3, 0.4) is 0 Å². The summed E-state index contributed by atoms with van der Waals surface area (Å²) in [5.74, 6) is 0. The van der Waals surface area contributed by atoms with Crippen molar-refractivity contribution in [1.29, 1.82) is 0 Å². The minimum Gasteiger partial charge on any atom is -0.310 e. The van der Waals surface area contributed by atoms with Crippen LogP contribution in [0.4, 0.5) is 17.1 Å². The fourth-order valence-corrected chi connectivity index (χ4v) is 10.2. The monoisotopic (exact) mass is 690 g/mol. The van der Waals surface area contributed by atoms with Gasteiger partial charge >= 0.3 is 0 Å². The molecule has 0 saturated carbocycles. The van der Waals surface area contributed by atoms with E-state index in [9.17, 15) is 0 Å². The lowest BCUT2D eigenvalue weighted by Crippen LogP contribution is -2.11. The van der Waals surface area contributed by atoms with Gasteiger partial charge in [0.1, 0.15) is 0 Å². The molecular formula is C50H30N2S. The van der Waals surface area contributed by atoms with Crippen LogP contribution in [0.5, 0.6) is 0 Å². The van der Waals surface area contributed by atoms with Crippen LogP contribution >= 0.6 is 11.3 Å². The summed E-state index contributed by atoms with van der Waals surface area (Å²) in [7, 11) is 0. The molecule has 0 radical (unpaired) electrons. The molecule has 11 aromatic rings. The Balaban J connectivity index is 1.17. The zero-order valence-corrected chi connectivity index (χ0v) is 29.4. The molecule has 3 heteroatoms. The molecule has 2 aromatic heterocycles. The summed E-state index contributed by atoms with van der Waals surface area (Å²) in [5.41, 5.74) is 12.2. The van der Waals surface area contributed by atoms with E-state index in [0.717, 1.165) is 17.1 Å². The summed E-state index contributed by atoms with van der Waals surface area (Å²) in [4.78, 5) is 2.50. The number of fused-ring (bicyclic) bond motifs is 11. The highest BCUT2D eigenvalue weighted by Gasteiger charge is 2.29. The number of rotatable bonds is 4. The van der Waals surface area contributed by atoms with E-state index in [-0.39, 0.29) is 0 Å². The topological polar surface area (TPSA) is 8.17 Å². The third-order valence-electron chi connectivity index (χ3n) is 11.3. The first kappa shape index (κ1) is 29.0. The summed E-state index contributed by atoms with van der Waals surface area (Å²) in [6, 6.07) is 67.3. The molecule has 0 bridgehead atoms. The smallest absolute Gasteiger partial charge is 0.0561 e. The van der Waals surface area contributed by atoms with E-state index in [4.69, 9.17) is 0 Å². The Morgan fingerprint density at radius 2 is 1.06 bits per heavy atom. The van der Waals surface area contributed by atoms with Gasteiger partial charge in [0, 0.05) is 53.6 Å². The van der Waals surface area contributed by atoms with Gasteiger partial charge in [0.05, 0.1) is 16.7 Å². The van der Waals surface area contributed by atoms with Crippen molar-refractivity contribution < 1.29 is 0 Å². The van der Waals surface area contributed by atoms with Crippen LogP contribution in [-0.4, -0.2) is 4.57 Å². The Morgan fingerprint density at radius 1 is 0.396 bits per heavy atom. The van der Waals surface area contributed by atoms with Gasteiger partial charge in [-0.3, -0.25) is 0 Å². The second-order valence-corrected chi connectivity index (χ2v) is 15.2. The molecule has 1 aliphatic carbocycles. The molecule has 9 aromatic carbocycles. The first-order chi connectivity index (χ1) is 26.3. The van der Waals surface area contributed by atoms with E-state index < -0.39 is 0 Å². The van der Waals surface area contributed by atoms with Gasteiger partial charge in [0.15, 0.2) is 0 Å². The van der Waals surface area contributed by atoms with E-state index in [1.807, 2.05) is 11.3 Å². The van der Waals surface area contributed by atoms with Gasteiger partial charge in [-0.15, -0.1) is 11.3 Å². The Bertz CT molecular complexity index is 3290. The first-order valence-corrected chi connectivity index (χ1v) is 19.0. The average Bonchev–Trinajstić information content (AvgIpc) is 3.87. The number of para-hydroxylation sites is 2. The molecule has 2 heterocycles. The maximum absolute atomic E-state index is 2.50. The maximum atomic E-state index is 2.50. The molecule has 12 rings (SSSR count). The predicted octanol–water partition coefficient (Wildman–Crippen LogP) is 14.6. The maximum Gasteiger partial charge on any atom is 0.0561 e. The van der Waals surface area contributed by atoms with Crippen molar-refractivity contribution in [3.63, 3.8) is 0 Å². The van der Waals surface area contributed by atoms with Crippen LogP contribution in [0, 0.1) is 0 Å². The minimum atomic E-state index is 1.12. The molecule has 0 spiro atoms. The number of hydrogen-bond acceptors (Lipinski definition) is 2. The Morgan fingerprint density at radius 3 is 1.96 bits per heavy atom. The molecule has 0 aliphatic heterocycles. The summed E-state index contributed by atoms with van der Waals surface area (Å²) in [6.45, 7) is 0. The zero-order chi connectivity index (χ0) is 34.6. The van der Waals surface area contributed by atoms with E-state index in [1.54, 1.807) is 0 Å². The molecule has 0 amide bonds. The van der Waals surface area contributed by atoms with Crippen LogP contribution in [0.15, 0.2) is 182 Å². The van der Waals surface area contributed by atoms with Crippen LogP contribution in [0.2, 0.25) is 0 Å². The van der Waals surface area contributed by atoms with E-state index in [0.29, 0.717) is 0 Å². The summed E-state index contributed by atoms with van der Waals surface area (Å²) < 4.78 is 5.02. The Kier molecular flexibility index (Phi) is 5.96. The van der Waals surface area contributed by atoms with Crippen LogP contribution in [-0.2, 0) is 0 Å². The van der Waals surface area contributed by atoms with Crippen molar-refractivity contribution >= 4 is 91.9 Å². The average molecular weight is 691 g/mol. The lowest BCUT2D eigenvalue weighted by molar-refractivity contribution is 1.18. The third-order valence-corrected chi connectivity index (χ3v) is 12.4. The van der Waals surface area contributed by atoms with E-state index >= 15 is 0 Å². The second-order valence-electron chi connectivity index (χ2n) is 14.1. The number of nitrogens with zero attached hydrogens (tertiary/aromatic N) is 2. The van der Waals surface area contributed by atoms with Crippen molar-refractivity contribution in [3.8, 4) is 27.9 Å². The van der Waals surface area contributed by atoms with Gasteiger partial charge in [0.25, 0.3) is 0 Å². The van der Waals surface area contributed by atoms with Crippen molar-refractivity contribution in [2.45, 2.75) is 0 Å². The largest absolute Gasteiger partial charge is 0.310 e. The SMILES string of the molecule is c1ccc(-n2c3ccccc3c3ccc(N(c4ccc5c(c4)sc4ccccc45)c4cccc5c4-c4cccc6cc7ccccc7c-5c46)cc32)cc1. The zero-order valence-electron chi connectivity index (χ0n) is 28.6. The standard InChI is InChI=1S/C50H30N2S/c1-2-14-33(15-3-1)52-43-21-8-6-17-37(43)38-26-24-34(29-45(38)52)51(35-25-27-40-39-18-7-9-23-46(39)53-47(40)30-35)44-22-11-20-42-49(44)41-19-10-13-32-28-31-12-4-5-16-36(31)50(42)48(32)41/h1-30H. The summed E-state index contributed by atoms with van der Waals surface area (Å²) in [5, 5.41) is 10.3. The van der Waals surface area contributed by atoms with Crippen molar-refractivity contribution in [2.24, 2.45) is 0 Å². The van der Waals surface area contributed by atoms with E-state index in [2.05, 4.69) is 191 Å². The highest BCUT2D eigenvalue weighted by molar-refractivity contribution is 7.25. The second kappa shape index (κ2) is 10.9. The molecular weight excluding hydrogens is 661 g/mol. The van der Waals surface area contributed by atoms with Crippen LogP contribution < -0.4 is 4.90 Å². The number of thiophene rings is 1. The molecule has 53 heavy (non-hydrogen) atoms.